The highest BCUT2D eigenvalue weighted by Gasteiger charge is 2.13. The zero-order valence-electron chi connectivity index (χ0n) is 9.51. The smallest absolute Gasteiger partial charge is 0.260 e. The van der Waals surface area contributed by atoms with Crippen molar-refractivity contribution in [3.05, 3.63) is 46.9 Å². The third-order valence-corrected chi connectivity index (χ3v) is 2.54. The SMILES string of the molecule is Cc1cccc(C(=O)Nc2cnc(Cl)cn2)c1O. The fraction of sp³-hybridized carbons (Fsp3) is 0.0833. The fourth-order valence-electron chi connectivity index (χ4n) is 1.40. The van der Waals surface area contributed by atoms with Gasteiger partial charge >= 0.3 is 0 Å². The predicted octanol–water partition coefficient (Wildman–Crippen LogP) is 2.40. The normalized spacial score (nSPS) is 10.1. The third kappa shape index (κ3) is 2.57. The summed E-state index contributed by atoms with van der Waals surface area (Å²) in [6, 6.07) is 4.94. The van der Waals surface area contributed by atoms with Crippen LogP contribution in [0.2, 0.25) is 5.15 Å². The average molecular weight is 264 g/mol. The molecule has 0 atom stereocenters. The molecule has 0 bridgehead atoms. The number of hydrogen-bond acceptors (Lipinski definition) is 4. The number of amides is 1. The number of carbonyl (C=O) groups is 1. The second-order valence-electron chi connectivity index (χ2n) is 3.65. The van der Waals surface area contributed by atoms with E-state index in [0.717, 1.165) is 0 Å². The van der Waals surface area contributed by atoms with E-state index in [1.165, 1.54) is 18.5 Å². The van der Waals surface area contributed by atoms with E-state index >= 15 is 0 Å². The maximum atomic E-state index is 11.9. The summed E-state index contributed by atoms with van der Waals surface area (Å²) in [6.45, 7) is 1.72. The van der Waals surface area contributed by atoms with Gasteiger partial charge in [-0.05, 0) is 18.6 Å². The number of para-hydroxylation sites is 1. The molecule has 1 heterocycles. The van der Waals surface area contributed by atoms with Gasteiger partial charge in [-0.1, -0.05) is 23.7 Å². The largest absolute Gasteiger partial charge is 0.507 e. The second kappa shape index (κ2) is 5.01. The monoisotopic (exact) mass is 263 g/mol. The van der Waals surface area contributed by atoms with Crippen LogP contribution in [0, 0.1) is 6.92 Å². The molecule has 0 saturated heterocycles. The molecule has 0 radical (unpaired) electrons. The van der Waals surface area contributed by atoms with E-state index in [4.69, 9.17) is 11.6 Å². The molecule has 0 unspecified atom stereocenters. The number of aromatic nitrogens is 2. The van der Waals surface area contributed by atoms with Crippen molar-refractivity contribution in [3.8, 4) is 5.75 Å². The number of nitrogens with zero attached hydrogens (tertiary/aromatic N) is 2. The van der Waals surface area contributed by atoms with Gasteiger partial charge in [0.2, 0.25) is 0 Å². The van der Waals surface area contributed by atoms with Crippen LogP contribution in [0.1, 0.15) is 15.9 Å². The minimum absolute atomic E-state index is 0.0445. The summed E-state index contributed by atoms with van der Waals surface area (Å²) in [7, 11) is 0. The number of halogens is 1. The third-order valence-electron chi connectivity index (χ3n) is 2.34. The molecule has 1 aromatic carbocycles. The average Bonchev–Trinajstić information content (AvgIpc) is 2.35. The highest BCUT2D eigenvalue weighted by atomic mass is 35.5. The molecule has 0 saturated carbocycles. The van der Waals surface area contributed by atoms with E-state index in [1.54, 1.807) is 19.1 Å². The first-order chi connectivity index (χ1) is 8.58. The van der Waals surface area contributed by atoms with Crippen LogP contribution >= 0.6 is 11.6 Å². The van der Waals surface area contributed by atoms with E-state index in [9.17, 15) is 9.90 Å². The summed E-state index contributed by atoms with van der Waals surface area (Å²) >= 11 is 5.58. The van der Waals surface area contributed by atoms with Crippen molar-refractivity contribution in [3.63, 3.8) is 0 Å². The molecule has 2 aromatic rings. The van der Waals surface area contributed by atoms with Crippen LogP contribution in [0.5, 0.6) is 5.75 Å². The minimum Gasteiger partial charge on any atom is -0.507 e. The standard InChI is InChI=1S/C12H10ClN3O2/c1-7-3-2-4-8(11(7)17)12(18)16-10-6-14-9(13)5-15-10/h2-6,17H,1H3,(H,15,16,18). The number of aryl methyl sites for hydroxylation is 1. The van der Waals surface area contributed by atoms with Crippen molar-refractivity contribution >= 4 is 23.3 Å². The maximum absolute atomic E-state index is 11.9. The van der Waals surface area contributed by atoms with Gasteiger partial charge in [0.15, 0.2) is 5.82 Å². The number of carbonyl (C=O) groups excluding carboxylic acids is 1. The number of phenolic OH excluding ortho intramolecular Hbond substituents is 1. The van der Waals surface area contributed by atoms with E-state index in [-0.39, 0.29) is 22.3 Å². The van der Waals surface area contributed by atoms with Crippen molar-refractivity contribution in [2.45, 2.75) is 6.92 Å². The Hall–Kier alpha value is -2.14. The summed E-state index contributed by atoms with van der Waals surface area (Å²) in [5, 5.41) is 12.5. The van der Waals surface area contributed by atoms with Crippen LogP contribution in [-0.4, -0.2) is 21.0 Å². The highest BCUT2D eigenvalue weighted by Crippen LogP contribution is 2.22. The summed E-state index contributed by atoms with van der Waals surface area (Å²) < 4.78 is 0. The Morgan fingerprint density at radius 3 is 2.78 bits per heavy atom. The molecule has 0 aliphatic heterocycles. The molecule has 2 N–H and O–H groups in total. The van der Waals surface area contributed by atoms with Crippen molar-refractivity contribution in [1.29, 1.82) is 0 Å². The van der Waals surface area contributed by atoms with Gasteiger partial charge in [-0.2, -0.15) is 0 Å². The molecule has 5 nitrogen and oxygen atoms in total. The lowest BCUT2D eigenvalue weighted by atomic mass is 10.1. The Morgan fingerprint density at radius 2 is 2.11 bits per heavy atom. The molecular weight excluding hydrogens is 254 g/mol. The molecule has 2 rings (SSSR count). The Kier molecular flexibility index (Phi) is 3.43. The predicted molar refractivity (Wildman–Crippen MR) is 67.8 cm³/mol. The van der Waals surface area contributed by atoms with E-state index in [2.05, 4.69) is 15.3 Å². The summed E-state index contributed by atoms with van der Waals surface area (Å²) in [5.74, 6) is -0.227. The van der Waals surface area contributed by atoms with Crippen LogP contribution in [-0.2, 0) is 0 Å². The van der Waals surface area contributed by atoms with Gasteiger partial charge in [0, 0.05) is 0 Å². The fourth-order valence-corrected chi connectivity index (χ4v) is 1.50. The van der Waals surface area contributed by atoms with Crippen LogP contribution in [0.4, 0.5) is 5.82 Å². The van der Waals surface area contributed by atoms with Crippen LogP contribution in [0.25, 0.3) is 0 Å². The van der Waals surface area contributed by atoms with Gasteiger partial charge in [-0.25, -0.2) is 9.97 Å². The molecule has 1 aromatic heterocycles. The number of nitrogens with one attached hydrogen (secondary N) is 1. The second-order valence-corrected chi connectivity index (χ2v) is 4.04. The molecule has 0 aliphatic carbocycles. The Balaban J connectivity index is 2.22. The lowest BCUT2D eigenvalue weighted by Gasteiger charge is -2.07. The lowest BCUT2D eigenvalue weighted by Crippen LogP contribution is -2.13. The Labute approximate surface area is 108 Å². The molecular formula is C12H10ClN3O2. The quantitative estimate of drug-likeness (QED) is 0.872. The van der Waals surface area contributed by atoms with Crippen LogP contribution in [0.15, 0.2) is 30.6 Å². The van der Waals surface area contributed by atoms with Gasteiger partial charge < -0.3 is 10.4 Å². The van der Waals surface area contributed by atoms with Gasteiger partial charge in [-0.15, -0.1) is 0 Å². The molecule has 0 spiro atoms. The summed E-state index contributed by atoms with van der Waals surface area (Å²) in [5.41, 5.74) is 0.816. The highest BCUT2D eigenvalue weighted by molar-refractivity contribution is 6.29. The number of anilines is 1. The first-order valence-corrected chi connectivity index (χ1v) is 5.53. The molecule has 92 valence electrons. The zero-order valence-corrected chi connectivity index (χ0v) is 10.3. The molecule has 18 heavy (non-hydrogen) atoms. The molecule has 6 heteroatoms. The summed E-state index contributed by atoms with van der Waals surface area (Å²) in [6.07, 6.45) is 2.67. The first kappa shape index (κ1) is 12.3. The van der Waals surface area contributed by atoms with Gasteiger partial charge in [0.25, 0.3) is 5.91 Å². The van der Waals surface area contributed by atoms with Gasteiger partial charge in [-0.3, -0.25) is 4.79 Å². The van der Waals surface area contributed by atoms with Crippen LogP contribution < -0.4 is 5.32 Å². The lowest BCUT2D eigenvalue weighted by molar-refractivity contribution is 0.102. The number of benzene rings is 1. The summed E-state index contributed by atoms with van der Waals surface area (Å²) in [4.78, 5) is 19.6. The Morgan fingerprint density at radius 1 is 1.33 bits per heavy atom. The number of hydrogen-bond donors (Lipinski definition) is 2. The maximum Gasteiger partial charge on any atom is 0.260 e. The molecule has 0 fully saturated rings. The van der Waals surface area contributed by atoms with E-state index in [1.807, 2.05) is 0 Å². The van der Waals surface area contributed by atoms with Crippen molar-refractivity contribution in [1.82, 2.24) is 9.97 Å². The molecule has 0 aliphatic rings. The van der Waals surface area contributed by atoms with Crippen molar-refractivity contribution in [2.75, 3.05) is 5.32 Å². The molecule has 1 amide bonds. The first-order valence-electron chi connectivity index (χ1n) is 5.15. The van der Waals surface area contributed by atoms with Gasteiger partial charge in [0.1, 0.15) is 10.9 Å². The van der Waals surface area contributed by atoms with Crippen LogP contribution in [0.3, 0.4) is 0 Å². The van der Waals surface area contributed by atoms with Crippen molar-refractivity contribution < 1.29 is 9.90 Å². The Bertz CT molecular complexity index is 584. The topological polar surface area (TPSA) is 75.1 Å². The minimum atomic E-state index is -0.451. The number of rotatable bonds is 2. The zero-order chi connectivity index (χ0) is 13.1. The van der Waals surface area contributed by atoms with E-state index in [0.29, 0.717) is 5.56 Å². The van der Waals surface area contributed by atoms with Gasteiger partial charge in [0.05, 0.1) is 18.0 Å². The number of phenols is 1. The van der Waals surface area contributed by atoms with E-state index < -0.39 is 5.91 Å². The van der Waals surface area contributed by atoms with Crippen molar-refractivity contribution in [2.24, 2.45) is 0 Å². The number of aromatic hydroxyl groups is 1.